The lowest BCUT2D eigenvalue weighted by atomic mass is 10.1. The molecule has 0 aliphatic heterocycles. The first-order chi connectivity index (χ1) is 16.8. The number of nitrogens with zero attached hydrogens (tertiary/aromatic N) is 1. The van der Waals surface area contributed by atoms with Crippen LogP contribution in [0.5, 0.6) is 11.5 Å². The van der Waals surface area contributed by atoms with E-state index in [0.717, 1.165) is 50.7 Å². The molecule has 0 spiro atoms. The first-order valence-electron chi connectivity index (χ1n) is 13.8. The summed E-state index contributed by atoms with van der Waals surface area (Å²) in [4.78, 5) is 0. The summed E-state index contributed by atoms with van der Waals surface area (Å²) in [5, 5.41) is 26.8. The van der Waals surface area contributed by atoms with Gasteiger partial charge in [-0.25, -0.2) is 0 Å². The van der Waals surface area contributed by atoms with Crippen LogP contribution in [0.3, 0.4) is 0 Å². The Bertz CT molecular complexity index is 629. The molecule has 0 saturated carbocycles. The summed E-state index contributed by atoms with van der Waals surface area (Å²) in [6.45, 7) is 1.97. The van der Waals surface area contributed by atoms with Gasteiger partial charge in [-0.3, -0.25) is 0 Å². The molecule has 1 rings (SSSR count). The Balaban J connectivity index is 2.14. The van der Waals surface area contributed by atoms with Crippen molar-refractivity contribution in [1.29, 1.82) is 5.26 Å². The molecule has 0 amide bonds. The number of nitriles is 1. The van der Waals surface area contributed by atoms with Crippen molar-refractivity contribution < 1.29 is 19.7 Å². The summed E-state index contributed by atoms with van der Waals surface area (Å²) in [6, 6.07) is 7.63. The molecule has 0 aliphatic carbocycles. The zero-order chi connectivity index (χ0) is 24.5. The van der Waals surface area contributed by atoms with Crippen LogP contribution in [0, 0.1) is 11.3 Å². The van der Waals surface area contributed by atoms with E-state index in [1.165, 1.54) is 70.6 Å². The highest BCUT2D eigenvalue weighted by Crippen LogP contribution is 2.29. The van der Waals surface area contributed by atoms with Crippen LogP contribution >= 0.6 is 0 Å². The van der Waals surface area contributed by atoms with Gasteiger partial charge in [0.05, 0.1) is 24.8 Å². The smallest absolute Gasteiger partial charge is 0.162 e. The van der Waals surface area contributed by atoms with E-state index in [0.29, 0.717) is 37.7 Å². The summed E-state index contributed by atoms with van der Waals surface area (Å²) < 4.78 is 12.0. The topological polar surface area (TPSA) is 82.7 Å². The third-order valence-corrected chi connectivity index (χ3v) is 6.19. The normalized spacial score (nSPS) is 10.9. The standard InChI is InChI=1S/C29H49NO4/c30-26-27-19-20-28(33-23-17-13-9-5-1-3-7-11-15-21-31)29(25-27)34-24-18-14-10-6-2-4-8-12-16-22-32/h19-20,25,31-32H,1-18,21-24H2. The molecule has 5 heteroatoms. The Kier molecular flexibility index (Phi) is 20.5. The van der Waals surface area contributed by atoms with Crippen molar-refractivity contribution in [2.24, 2.45) is 0 Å². The Labute approximate surface area is 208 Å². The van der Waals surface area contributed by atoms with Gasteiger partial charge < -0.3 is 19.7 Å². The minimum absolute atomic E-state index is 0.317. The van der Waals surface area contributed by atoms with E-state index in [2.05, 4.69) is 6.07 Å². The van der Waals surface area contributed by atoms with Gasteiger partial charge in [-0.2, -0.15) is 5.26 Å². The zero-order valence-electron chi connectivity index (χ0n) is 21.4. The Morgan fingerprint density at radius 1 is 0.529 bits per heavy atom. The van der Waals surface area contributed by atoms with Gasteiger partial charge in [0.15, 0.2) is 11.5 Å². The quantitative estimate of drug-likeness (QED) is 0.153. The molecule has 1 aromatic carbocycles. The van der Waals surface area contributed by atoms with Crippen molar-refractivity contribution in [1.82, 2.24) is 0 Å². The van der Waals surface area contributed by atoms with Gasteiger partial charge in [-0.1, -0.05) is 89.9 Å². The Morgan fingerprint density at radius 3 is 1.32 bits per heavy atom. The predicted octanol–water partition coefficient (Wildman–Crippen LogP) is 7.32. The maximum atomic E-state index is 9.22. The van der Waals surface area contributed by atoms with Crippen molar-refractivity contribution in [3.05, 3.63) is 23.8 Å². The van der Waals surface area contributed by atoms with Gasteiger partial charge in [0.25, 0.3) is 0 Å². The van der Waals surface area contributed by atoms with Gasteiger partial charge in [-0.15, -0.1) is 0 Å². The van der Waals surface area contributed by atoms with E-state index < -0.39 is 0 Å². The monoisotopic (exact) mass is 475 g/mol. The minimum Gasteiger partial charge on any atom is -0.490 e. The molecule has 0 unspecified atom stereocenters. The number of hydrogen-bond donors (Lipinski definition) is 2. The summed E-state index contributed by atoms with van der Waals surface area (Å²) in [5.41, 5.74) is 0.600. The fourth-order valence-corrected chi connectivity index (χ4v) is 4.08. The Hall–Kier alpha value is -1.77. The maximum absolute atomic E-state index is 9.22. The molecule has 1 aromatic rings. The average molecular weight is 476 g/mol. The number of aliphatic hydroxyl groups excluding tert-OH is 2. The first-order valence-corrected chi connectivity index (χ1v) is 13.8. The number of hydrogen-bond acceptors (Lipinski definition) is 5. The maximum Gasteiger partial charge on any atom is 0.162 e. The summed E-state index contributed by atoms with van der Waals surface area (Å²) in [7, 11) is 0. The molecular formula is C29H49NO4. The predicted molar refractivity (Wildman–Crippen MR) is 139 cm³/mol. The minimum atomic E-state index is 0.317. The molecule has 5 nitrogen and oxygen atoms in total. The lowest BCUT2D eigenvalue weighted by molar-refractivity contribution is 0.258. The van der Waals surface area contributed by atoms with Crippen molar-refractivity contribution in [2.75, 3.05) is 26.4 Å². The third kappa shape index (κ3) is 16.8. The molecule has 34 heavy (non-hydrogen) atoms. The van der Waals surface area contributed by atoms with Crippen LogP contribution in [-0.4, -0.2) is 36.6 Å². The summed E-state index contributed by atoms with van der Waals surface area (Å²) in [5.74, 6) is 1.43. The van der Waals surface area contributed by atoms with Crippen molar-refractivity contribution in [3.63, 3.8) is 0 Å². The van der Waals surface area contributed by atoms with Gasteiger partial charge in [0.1, 0.15) is 0 Å². The molecule has 0 bridgehead atoms. The molecule has 0 aromatic heterocycles. The number of benzene rings is 1. The van der Waals surface area contributed by atoms with E-state index in [1.54, 1.807) is 12.1 Å². The van der Waals surface area contributed by atoms with Crippen LogP contribution in [0.15, 0.2) is 18.2 Å². The van der Waals surface area contributed by atoms with Crippen LogP contribution in [0.1, 0.15) is 121 Å². The van der Waals surface area contributed by atoms with Crippen LogP contribution in [0.2, 0.25) is 0 Å². The first kappa shape index (κ1) is 30.3. The van der Waals surface area contributed by atoms with E-state index in [1.807, 2.05) is 6.07 Å². The fourth-order valence-electron chi connectivity index (χ4n) is 4.08. The molecule has 0 aliphatic rings. The van der Waals surface area contributed by atoms with Gasteiger partial charge in [0.2, 0.25) is 0 Å². The SMILES string of the molecule is N#Cc1ccc(OCCCCCCCCCCCO)c(OCCCCCCCCCCCO)c1. The fraction of sp³-hybridized carbons (Fsp3) is 0.759. The van der Waals surface area contributed by atoms with Crippen LogP contribution in [0.4, 0.5) is 0 Å². The highest BCUT2D eigenvalue weighted by Gasteiger charge is 2.07. The highest BCUT2D eigenvalue weighted by molar-refractivity contribution is 5.46. The van der Waals surface area contributed by atoms with Crippen molar-refractivity contribution in [3.8, 4) is 17.6 Å². The lowest BCUT2D eigenvalue weighted by Crippen LogP contribution is -2.03. The molecular weight excluding hydrogens is 426 g/mol. The zero-order valence-corrected chi connectivity index (χ0v) is 21.4. The molecule has 194 valence electrons. The van der Waals surface area contributed by atoms with Gasteiger partial charge in [-0.05, 0) is 37.8 Å². The van der Waals surface area contributed by atoms with E-state index >= 15 is 0 Å². The number of unbranched alkanes of at least 4 members (excludes halogenated alkanes) is 16. The molecule has 0 heterocycles. The van der Waals surface area contributed by atoms with Crippen molar-refractivity contribution in [2.45, 2.75) is 116 Å². The van der Waals surface area contributed by atoms with E-state index in [9.17, 15) is 5.26 Å². The second-order valence-corrected chi connectivity index (χ2v) is 9.28. The molecule has 0 fully saturated rings. The molecule has 2 N–H and O–H groups in total. The summed E-state index contributed by atoms with van der Waals surface area (Å²) in [6.07, 6.45) is 21.1. The Morgan fingerprint density at radius 2 is 0.912 bits per heavy atom. The summed E-state index contributed by atoms with van der Waals surface area (Å²) >= 11 is 0. The molecule has 0 saturated heterocycles. The number of rotatable bonds is 24. The largest absolute Gasteiger partial charge is 0.490 e. The lowest BCUT2D eigenvalue weighted by Gasteiger charge is -2.13. The average Bonchev–Trinajstić information content (AvgIpc) is 2.86. The number of ether oxygens (including phenoxy) is 2. The number of aliphatic hydroxyl groups is 2. The van der Waals surface area contributed by atoms with Crippen LogP contribution in [-0.2, 0) is 0 Å². The second-order valence-electron chi connectivity index (χ2n) is 9.28. The van der Waals surface area contributed by atoms with Crippen molar-refractivity contribution >= 4 is 0 Å². The highest BCUT2D eigenvalue weighted by atomic mass is 16.5. The van der Waals surface area contributed by atoms with Gasteiger partial charge in [0, 0.05) is 19.3 Å². The van der Waals surface area contributed by atoms with E-state index in [4.69, 9.17) is 19.7 Å². The van der Waals surface area contributed by atoms with Crippen LogP contribution < -0.4 is 9.47 Å². The van der Waals surface area contributed by atoms with Crippen LogP contribution in [0.25, 0.3) is 0 Å². The second kappa shape index (κ2) is 23.0. The molecule has 0 radical (unpaired) electrons. The third-order valence-electron chi connectivity index (χ3n) is 6.19. The molecule has 0 atom stereocenters. The van der Waals surface area contributed by atoms with Gasteiger partial charge >= 0.3 is 0 Å². The van der Waals surface area contributed by atoms with E-state index in [-0.39, 0.29) is 0 Å².